The van der Waals surface area contributed by atoms with Crippen LogP contribution < -0.4 is 0 Å². The van der Waals surface area contributed by atoms with Crippen LogP contribution in [-0.2, 0) is 0 Å². The fourth-order valence-electron chi connectivity index (χ4n) is 6.79. The predicted octanol–water partition coefficient (Wildman–Crippen LogP) is 11.9. The third-order valence-corrected chi connectivity index (χ3v) is 9.58. The number of nitrogens with zero attached hydrogens (tertiary/aromatic N) is 6. The van der Waals surface area contributed by atoms with E-state index in [2.05, 4.69) is 66.7 Å². The maximum absolute atomic E-state index is 9.52. The molecule has 0 radical (unpaired) electrons. The Morgan fingerprint density at radius 3 is 1.38 bits per heavy atom. The number of rotatable bonds is 8. The maximum atomic E-state index is 9.52. The van der Waals surface area contributed by atoms with Crippen LogP contribution in [0.5, 0.6) is 0 Å². The van der Waals surface area contributed by atoms with Crippen molar-refractivity contribution in [3.8, 4) is 96.4 Å². The van der Waals surface area contributed by atoms with E-state index in [4.69, 9.17) is 24.9 Å². The fourth-order valence-corrected chi connectivity index (χ4v) is 6.79. The van der Waals surface area contributed by atoms with Crippen LogP contribution in [0.15, 0.2) is 194 Å². The van der Waals surface area contributed by atoms with Gasteiger partial charge in [0, 0.05) is 33.4 Å². The molecule has 0 amide bonds. The Morgan fingerprint density at radius 2 is 0.714 bits per heavy atom. The van der Waals surface area contributed by atoms with E-state index in [9.17, 15) is 5.26 Å². The summed E-state index contributed by atoms with van der Waals surface area (Å²) < 4.78 is 0. The van der Waals surface area contributed by atoms with Crippen molar-refractivity contribution >= 4 is 0 Å². The van der Waals surface area contributed by atoms with E-state index in [1.807, 2.05) is 133 Å². The lowest BCUT2D eigenvalue weighted by molar-refractivity contribution is 1.07. The van der Waals surface area contributed by atoms with E-state index in [0.717, 1.165) is 67.0 Å². The van der Waals surface area contributed by atoms with E-state index < -0.39 is 0 Å². The van der Waals surface area contributed by atoms with E-state index in [-0.39, 0.29) is 0 Å². The maximum Gasteiger partial charge on any atom is 0.164 e. The van der Waals surface area contributed by atoms with Gasteiger partial charge in [-0.05, 0) is 52.6 Å². The van der Waals surface area contributed by atoms with Crippen molar-refractivity contribution in [2.24, 2.45) is 0 Å². The van der Waals surface area contributed by atoms with Gasteiger partial charge < -0.3 is 0 Å². The minimum Gasteiger partial charge on any atom is -0.228 e. The highest BCUT2D eigenvalue weighted by Gasteiger charge is 2.17. The molecule has 2 aromatic heterocycles. The Bertz CT molecular complexity index is 2810. The summed E-state index contributed by atoms with van der Waals surface area (Å²) in [4.78, 5) is 25.3. The van der Waals surface area contributed by atoms with Gasteiger partial charge in [-0.1, -0.05) is 164 Å². The standard InChI is InChI=1S/C50H32N6/c51-33-34-15-12-22-38(29-34)39-23-13-26-42(30-39)49-54-48(37-20-8-3-9-21-37)55-50(56-49)44-28-11-10-27-43(44)40-24-14-25-41(31-40)46-32-45(35-16-4-1-5-17-35)52-47(53-46)36-18-6-2-7-19-36/h1-32H. The summed E-state index contributed by atoms with van der Waals surface area (Å²) in [5.41, 5.74) is 11.7. The highest BCUT2D eigenvalue weighted by atomic mass is 15.0. The predicted molar refractivity (Wildman–Crippen MR) is 224 cm³/mol. The normalized spacial score (nSPS) is 10.8. The molecule has 0 spiro atoms. The van der Waals surface area contributed by atoms with Crippen LogP contribution in [0.4, 0.5) is 0 Å². The fraction of sp³-hybridized carbons (Fsp3) is 0. The van der Waals surface area contributed by atoms with Gasteiger partial charge in [0.25, 0.3) is 0 Å². The van der Waals surface area contributed by atoms with Gasteiger partial charge in [-0.15, -0.1) is 0 Å². The molecule has 0 atom stereocenters. The number of benzene rings is 7. The second-order valence-electron chi connectivity index (χ2n) is 13.3. The van der Waals surface area contributed by atoms with Crippen LogP contribution in [0.2, 0.25) is 0 Å². The largest absolute Gasteiger partial charge is 0.228 e. The van der Waals surface area contributed by atoms with Gasteiger partial charge >= 0.3 is 0 Å². The van der Waals surface area contributed by atoms with Crippen molar-refractivity contribution < 1.29 is 0 Å². The van der Waals surface area contributed by atoms with Crippen LogP contribution in [0.1, 0.15) is 5.56 Å². The molecule has 0 saturated heterocycles. The summed E-state index contributed by atoms with van der Waals surface area (Å²) in [6.45, 7) is 0. The van der Waals surface area contributed by atoms with Gasteiger partial charge in [0.15, 0.2) is 23.3 Å². The molecule has 262 valence electrons. The van der Waals surface area contributed by atoms with Crippen LogP contribution in [0, 0.1) is 11.3 Å². The minimum atomic E-state index is 0.554. The molecule has 6 heteroatoms. The second kappa shape index (κ2) is 15.2. The molecular weight excluding hydrogens is 685 g/mol. The zero-order valence-corrected chi connectivity index (χ0v) is 30.2. The Labute approximate surface area is 325 Å². The quantitative estimate of drug-likeness (QED) is 0.156. The van der Waals surface area contributed by atoms with Crippen molar-refractivity contribution in [1.82, 2.24) is 24.9 Å². The first-order valence-electron chi connectivity index (χ1n) is 18.3. The molecule has 7 aromatic carbocycles. The Balaban J connectivity index is 1.16. The molecule has 0 aliphatic heterocycles. The summed E-state index contributed by atoms with van der Waals surface area (Å²) in [6, 6.07) is 66.9. The molecule has 6 nitrogen and oxygen atoms in total. The summed E-state index contributed by atoms with van der Waals surface area (Å²) in [5.74, 6) is 2.36. The SMILES string of the molecule is N#Cc1cccc(-c2cccc(-c3nc(-c4ccccc4)nc(-c4ccccc4-c4cccc(-c5cc(-c6ccccc6)nc(-c6ccccc6)n5)c4)n3)c2)c1. The van der Waals surface area contributed by atoms with Gasteiger partial charge in [0.2, 0.25) is 0 Å². The zero-order valence-electron chi connectivity index (χ0n) is 30.2. The number of nitriles is 1. The third-order valence-electron chi connectivity index (χ3n) is 9.58. The Morgan fingerprint density at radius 1 is 0.286 bits per heavy atom. The van der Waals surface area contributed by atoms with Gasteiger partial charge in [0.05, 0.1) is 23.0 Å². The molecule has 9 rings (SSSR count). The van der Waals surface area contributed by atoms with Gasteiger partial charge in [-0.3, -0.25) is 0 Å². The molecule has 0 bridgehead atoms. The van der Waals surface area contributed by atoms with E-state index >= 15 is 0 Å². The first-order valence-corrected chi connectivity index (χ1v) is 18.3. The van der Waals surface area contributed by atoms with Crippen LogP contribution >= 0.6 is 0 Å². The molecule has 0 fully saturated rings. The average molecular weight is 717 g/mol. The zero-order chi connectivity index (χ0) is 37.7. The van der Waals surface area contributed by atoms with Crippen LogP contribution in [0.3, 0.4) is 0 Å². The summed E-state index contributed by atoms with van der Waals surface area (Å²) in [7, 11) is 0. The van der Waals surface area contributed by atoms with E-state index in [1.165, 1.54) is 0 Å². The van der Waals surface area contributed by atoms with Crippen LogP contribution in [0.25, 0.3) is 90.3 Å². The first kappa shape index (κ1) is 33.9. The van der Waals surface area contributed by atoms with Crippen molar-refractivity contribution in [2.75, 3.05) is 0 Å². The van der Waals surface area contributed by atoms with Gasteiger partial charge in [0.1, 0.15) is 0 Å². The monoisotopic (exact) mass is 716 g/mol. The molecule has 0 N–H and O–H groups in total. The molecule has 9 aromatic rings. The lowest BCUT2D eigenvalue weighted by atomic mass is 9.96. The molecule has 0 unspecified atom stereocenters. The molecular formula is C50H32N6. The molecule has 0 aliphatic carbocycles. The summed E-state index contributed by atoms with van der Waals surface area (Å²) in [5, 5.41) is 9.52. The Hall–Kier alpha value is -7.88. The van der Waals surface area contributed by atoms with Gasteiger partial charge in [-0.25, -0.2) is 24.9 Å². The van der Waals surface area contributed by atoms with Crippen molar-refractivity contribution in [2.45, 2.75) is 0 Å². The molecule has 0 saturated carbocycles. The molecule has 2 heterocycles. The second-order valence-corrected chi connectivity index (χ2v) is 13.3. The van der Waals surface area contributed by atoms with Crippen molar-refractivity contribution in [3.05, 3.63) is 200 Å². The number of aromatic nitrogens is 5. The summed E-state index contributed by atoms with van der Waals surface area (Å²) in [6.07, 6.45) is 0. The highest BCUT2D eigenvalue weighted by Crippen LogP contribution is 2.36. The molecule has 56 heavy (non-hydrogen) atoms. The van der Waals surface area contributed by atoms with E-state index in [0.29, 0.717) is 28.9 Å². The molecule has 0 aliphatic rings. The number of hydrogen-bond acceptors (Lipinski definition) is 6. The minimum absolute atomic E-state index is 0.554. The van der Waals surface area contributed by atoms with E-state index in [1.54, 1.807) is 0 Å². The first-order chi connectivity index (χ1) is 27.7. The van der Waals surface area contributed by atoms with Crippen molar-refractivity contribution in [3.63, 3.8) is 0 Å². The smallest absolute Gasteiger partial charge is 0.164 e. The highest BCUT2D eigenvalue weighted by molar-refractivity contribution is 5.84. The topological polar surface area (TPSA) is 88.2 Å². The summed E-state index contributed by atoms with van der Waals surface area (Å²) >= 11 is 0. The van der Waals surface area contributed by atoms with Crippen LogP contribution in [-0.4, -0.2) is 24.9 Å². The number of hydrogen-bond donors (Lipinski definition) is 0. The lowest BCUT2D eigenvalue weighted by Gasteiger charge is -2.14. The van der Waals surface area contributed by atoms with Crippen molar-refractivity contribution in [1.29, 1.82) is 5.26 Å². The Kier molecular flexibility index (Phi) is 9.23. The van der Waals surface area contributed by atoms with Gasteiger partial charge in [-0.2, -0.15) is 5.26 Å². The average Bonchev–Trinajstić information content (AvgIpc) is 3.29. The third kappa shape index (κ3) is 7.08. The lowest BCUT2D eigenvalue weighted by Crippen LogP contribution is -2.01.